The molecule has 0 spiro atoms. The lowest BCUT2D eigenvalue weighted by Gasteiger charge is -2.11. The van der Waals surface area contributed by atoms with Crippen molar-refractivity contribution in [2.75, 3.05) is 11.9 Å². The number of pyridine rings is 1. The van der Waals surface area contributed by atoms with E-state index in [0.29, 0.717) is 22.5 Å². The number of ether oxygens (including phenoxy) is 1. The Labute approximate surface area is 207 Å². The SMILES string of the molecule is Cc1ccnc(NC(=O)COC(=O)c2ccc3nc(-c4ccccc4)c(-c4ccccc4)nc3c2)c1. The van der Waals surface area contributed by atoms with Crippen LogP contribution in [0.15, 0.2) is 97.2 Å². The molecule has 5 rings (SSSR count). The van der Waals surface area contributed by atoms with E-state index in [4.69, 9.17) is 14.7 Å². The molecule has 7 heteroatoms. The average Bonchev–Trinajstić information content (AvgIpc) is 2.91. The summed E-state index contributed by atoms with van der Waals surface area (Å²) in [7, 11) is 0. The zero-order valence-electron chi connectivity index (χ0n) is 19.5. The number of carbonyl (C=O) groups is 2. The first kappa shape index (κ1) is 22.9. The van der Waals surface area contributed by atoms with Crippen LogP contribution in [0.4, 0.5) is 5.82 Å². The van der Waals surface area contributed by atoms with E-state index in [2.05, 4.69) is 10.3 Å². The molecule has 7 nitrogen and oxygen atoms in total. The van der Waals surface area contributed by atoms with Crippen LogP contribution < -0.4 is 5.32 Å². The number of benzene rings is 3. The molecule has 0 unspecified atom stereocenters. The van der Waals surface area contributed by atoms with Crippen molar-refractivity contribution in [2.24, 2.45) is 0 Å². The van der Waals surface area contributed by atoms with Gasteiger partial charge in [-0.05, 0) is 42.8 Å². The number of rotatable bonds is 6. The molecule has 36 heavy (non-hydrogen) atoms. The number of anilines is 1. The molecule has 0 aliphatic rings. The summed E-state index contributed by atoms with van der Waals surface area (Å²) in [6.45, 7) is 1.46. The van der Waals surface area contributed by atoms with Crippen LogP contribution >= 0.6 is 0 Å². The van der Waals surface area contributed by atoms with Crippen LogP contribution in [-0.2, 0) is 9.53 Å². The van der Waals surface area contributed by atoms with Gasteiger partial charge in [0.25, 0.3) is 5.91 Å². The molecule has 1 amide bonds. The van der Waals surface area contributed by atoms with Gasteiger partial charge < -0.3 is 10.1 Å². The number of nitrogens with one attached hydrogen (secondary N) is 1. The van der Waals surface area contributed by atoms with Gasteiger partial charge in [-0.2, -0.15) is 0 Å². The van der Waals surface area contributed by atoms with Crippen molar-refractivity contribution in [3.8, 4) is 22.5 Å². The number of carbonyl (C=O) groups excluding carboxylic acids is 2. The second kappa shape index (κ2) is 10.1. The summed E-state index contributed by atoms with van der Waals surface area (Å²) in [5.41, 5.74) is 5.77. The quantitative estimate of drug-likeness (QED) is 0.328. The summed E-state index contributed by atoms with van der Waals surface area (Å²) in [6.07, 6.45) is 1.60. The Hall–Kier alpha value is -4.91. The van der Waals surface area contributed by atoms with Gasteiger partial charge in [0.1, 0.15) is 5.82 Å². The Morgan fingerprint density at radius 2 is 1.42 bits per heavy atom. The van der Waals surface area contributed by atoms with Gasteiger partial charge in [0.2, 0.25) is 0 Å². The number of hydrogen-bond acceptors (Lipinski definition) is 6. The van der Waals surface area contributed by atoms with Crippen LogP contribution in [0.1, 0.15) is 15.9 Å². The van der Waals surface area contributed by atoms with Gasteiger partial charge in [0, 0.05) is 17.3 Å². The Balaban J connectivity index is 1.40. The molecule has 0 atom stereocenters. The van der Waals surface area contributed by atoms with Crippen molar-refractivity contribution < 1.29 is 14.3 Å². The molecular formula is C29H22N4O3. The molecule has 0 bridgehead atoms. The maximum atomic E-state index is 12.7. The van der Waals surface area contributed by atoms with E-state index in [0.717, 1.165) is 22.4 Å². The second-order valence-corrected chi connectivity index (χ2v) is 8.20. The van der Waals surface area contributed by atoms with Crippen molar-refractivity contribution in [1.82, 2.24) is 15.0 Å². The predicted octanol–water partition coefficient (Wildman–Crippen LogP) is 5.46. The lowest BCUT2D eigenvalue weighted by atomic mass is 10.0. The highest BCUT2D eigenvalue weighted by Crippen LogP contribution is 2.31. The standard InChI is InChI=1S/C29H22N4O3/c1-19-14-15-30-25(16-19)33-26(34)18-36-29(35)22-12-13-23-24(17-22)32-28(21-10-6-3-7-11-21)27(31-23)20-8-4-2-5-9-20/h2-17H,18H2,1H3,(H,30,33,34). The van der Waals surface area contributed by atoms with Crippen LogP contribution in [-0.4, -0.2) is 33.4 Å². The summed E-state index contributed by atoms with van der Waals surface area (Å²) in [4.78, 5) is 38.7. The van der Waals surface area contributed by atoms with Gasteiger partial charge in [0.05, 0.1) is 28.0 Å². The Morgan fingerprint density at radius 3 is 2.06 bits per heavy atom. The monoisotopic (exact) mass is 474 g/mol. The fourth-order valence-corrected chi connectivity index (χ4v) is 3.77. The van der Waals surface area contributed by atoms with Crippen molar-refractivity contribution in [3.63, 3.8) is 0 Å². The summed E-state index contributed by atoms with van der Waals surface area (Å²) in [6, 6.07) is 28.2. The molecular weight excluding hydrogens is 452 g/mol. The molecule has 1 N–H and O–H groups in total. The Kier molecular flexibility index (Phi) is 6.44. The van der Waals surface area contributed by atoms with Gasteiger partial charge in [-0.15, -0.1) is 0 Å². The molecule has 0 aliphatic heterocycles. The van der Waals surface area contributed by atoms with Crippen LogP contribution in [0.5, 0.6) is 0 Å². The van der Waals surface area contributed by atoms with Crippen LogP contribution in [0.25, 0.3) is 33.5 Å². The lowest BCUT2D eigenvalue weighted by Crippen LogP contribution is -2.21. The fourth-order valence-electron chi connectivity index (χ4n) is 3.77. The number of esters is 1. The highest BCUT2D eigenvalue weighted by Gasteiger charge is 2.16. The lowest BCUT2D eigenvalue weighted by molar-refractivity contribution is -0.119. The number of fused-ring (bicyclic) bond motifs is 1. The van der Waals surface area contributed by atoms with E-state index < -0.39 is 18.5 Å². The number of hydrogen-bond donors (Lipinski definition) is 1. The maximum Gasteiger partial charge on any atom is 0.338 e. The topological polar surface area (TPSA) is 94.1 Å². The minimum absolute atomic E-state index is 0.282. The van der Waals surface area contributed by atoms with E-state index in [9.17, 15) is 9.59 Å². The summed E-state index contributed by atoms with van der Waals surface area (Å²) in [5, 5.41) is 2.62. The minimum Gasteiger partial charge on any atom is -0.452 e. The molecule has 0 saturated carbocycles. The summed E-state index contributed by atoms with van der Waals surface area (Å²) < 4.78 is 5.22. The van der Waals surface area contributed by atoms with E-state index in [1.54, 1.807) is 30.5 Å². The van der Waals surface area contributed by atoms with Gasteiger partial charge >= 0.3 is 5.97 Å². The number of nitrogens with zero attached hydrogens (tertiary/aromatic N) is 3. The van der Waals surface area contributed by atoms with E-state index in [1.807, 2.05) is 73.7 Å². The molecule has 3 aromatic carbocycles. The van der Waals surface area contributed by atoms with Gasteiger partial charge in [-0.1, -0.05) is 60.7 Å². The zero-order valence-corrected chi connectivity index (χ0v) is 19.5. The Bertz CT molecular complexity index is 1550. The molecule has 0 radical (unpaired) electrons. The first-order valence-corrected chi connectivity index (χ1v) is 11.4. The second-order valence-electron chi connectivity index (χ2n) is 8.20. The normalized spacial score (nSPS) is 10.7. The number of amides is 1. The maximum absolute atomic E-state index is 12.7. The highest BCUT2D eigenvalue weighted by atomic mass is 16.5. The van der Waals surface area contributed by atoms with E-state index in [-0.39, 0.29) is 5.56 Å². The van der Waals surface area contributed by atoms with Gasteiger partial charge in [-0.25, -0.2) is 19.7 Å². The molecule has 0 saturated heterocycles. The van der Waals surface area contributed by atoms with E-state index >= 15 is 0 Å². The van der Waals surface area contributed by atoms with Gasteiger partial charge in [-0.3, -0.25) is 4.79 Å². The zero-order chi connectivity index (χ0) is 24.9. The average molecular weight is 475 g/mol. The molecule has 0 aliphatic carbocycles. The third-order valence-corrected chi connectivity index (χ3v) is 5.51. The van der Waals surface area contributed by atoms with Gasteiger partial charge in [0.15, 0.2) is 6.61 Å². The third-order valence-electron chi connectivity index (χ3n) is 5.51. The molecule has 2 heterocycles. The van der Waals surface area contributed by atoms with Crippen molar-refractivity contribution in [3.05, 3.63) is 108 Å². The molecule has 0 fully saturated rings. The first-order chi connectivity index (χ1) is 17.6. The molecule has 176 valence electrons. The van der Waals surface area contributed by atoms with Crippen LogP contribution in [0, 0.1) is 6.92 Å². The van der Waals surface area contributed by atoms with Crippen molar-refractivity contribution >= 4 is 28.7 Å². The predicted molar refractivity (Wildman–Crippen MR) is 138 cm³/mol. The smallest absolute Gasteiger partial charge is 0.338 e. The highest BCUT2D eigenvalue weighted by molar-refractivity contribution is 5.97. The van der Waals surface area contributed by atoms with Crippen LogP contribution in [0.3, 0.4) is 0 Å². The summed E-state index contributed by atoms with van der Waals surface area (Å²) in [5.74, 6) is -0.694. The first-order valence-electron chi connectivity index (χ1n) is 11.4. The van der Waals surface area contributed by atoms with Crippen LogP contribution in [0.2, 0.25) is 0 Å². The van der Waals surface area contributed by atoms with Crippen molar-refractivity contribution in [1.29, 1.82) is 0 Å². The number of aryl methyl sites for hydroxylation is 1. The van der Waals surface area contributed by atoms with E-state index in [1.165, 1.54) is 0 Å². The largest absolute Gasteiger partial charge is 0.452 e. The Morgan fingerprint density at radius 1 is 0.778 bits per heavy atom. The summed E-state index contributed by atoms with van der Waals surface area (Å²) >= 11 is 0. The molecule has 2 aromatic heterocycles. The fraction of sp³-hybridized carbons (Fsp3) is 0.0690. The molecule has 5 aromatic rings. The third kappa shape index (κ3) is 5.10. The number of aromatic nitrogens is 3. The van der Waals surface area contributed by atoms with Crippen molar-refractivity contribution in [2.45, 2.75) is 6.92 Å². The minimum atomic E-state index is -0.626.